The molecule has 5 rings (SSSR count). The third-order valence-electron chi connectivity index (χ3n) is 7.31. The molecule has 2 saturated heterocycles. The lowest BCUT2D eigenvalue weighted by Crippen LogP contribution is -2.36. The van der Waals surface area contributed by atoms with E-state index >= 15 is 0 Å². The first kappa shape index (κ1) is 26.3. The molecule has 198 valence electrons. The third-order valence-corrected chi connectivity index (χ3v) is 7.31. The van der Waals surface area contributed by atoms with Gasteiger partial charge in [0.15, 0.2) is 0 Å². The maximum atomic E-state index is 5.49. The number of rotatable bonds is 8. The number of hydrogen-bond donors (Lipinski definition) is 0. The molecule has 2 aliphatic heterocycles. The molecule has 2 aliphatic rings. The number of morpholine rings is 2. The van der Waals surface area contributed by atoms with Crippen molar-refractivity contribution in [3.05, 3.63) is 94.5 Å². The molecule has 4 nitrogen and oxygen atoms in total. The van der Waals surface area contributed by atoms with Crippen LogP contribution in [0.15, 0.2) is 66.7 Å². The fraction of sp³-hybridized carbons (Fsp3) is 0.353. The van der Waals surface area contributed by atoms with E-state index in [-0.39, 0.29) is 0 Å². The third kappa shape index (κ3) is 6.94. The molecule has 0 aliphatic carbocycles. The van der Waals surface area contributed by atoms with Gasteiger partial charge in [0, 0.05) is 37.6 Å². The van der Waals surface area contributed by atoms with Crippen molar-refractivity contribution in [2.45, 2.75) is 20.3 Å². The minimum Gasteiger partial charge on any atom is -0.378 e. The Morgan fingerprint density at radius 3 is 1.42 bits per heavy atom. The second-order valence-electron chi connectivity index (χ2n) is 10.6. The molecule has 0 bridgehead atoms. The maximum absolute atomic E-state index is 5.49. The van der Waals surface area contributed by atoms with Gasteiger partial charge < -0.3 is 19.3 Å². The van der Waals surface area contributed by atoms with Gasteiger partial charge in [0.1, 0.15) is 0 Å². The first-order chi connectivity index (χ1) is 18.7. The summed E-state index contributed by atoms with van der Waals surface area (Å²) in [7, 11) is 0. The molecular weight excluding hydrogens is 468 g/mol. The van der Waals surface area contributed by atoms with Crippen LogP contribution >= 0.6 is 0 Å². The molecule has 0 spiro atoms. The van der Waals surface area contributed by atoms with Crippen molar-refractivity contribution in [1.29, 1.82) is 0 Å². The molecule has 4 heteroatoms. The highest BCUT2D eigenvalue weighted by atomic mass is 16.5. The summed E-state index contributed by atoms with van der Waals surface area (Å²) in [6.07, 6.45) is 10.1. The monoisotopic (exact) mass is 508 g/mol. The van der Waals surface area contributed by atoms with Crippen LogP contribution < -0.4 is 9.80 Å². The summed E-state index contributed by atoms with van der Waals surface area (Å²) in [6, 6.07) is 24.4. The molecule has 2 fully saturated rings. The summed E-state index contributed by atoms with van der Waals surface area (Å²) in [4.78, 5) is 4.79. The van der Waals surface area contributed by atoms with E-state index < -0.39 is 0 Å². The molecule has 3 aromatic rings. The zero-order chi connectivity index (χ0) is 26.2. The Kier molecular flexibility index (Phi) is 8.95. The minimum atomic E-state index is 0.581. The van der Waals surface area contributed by atoms with Crippen molar-refractivity contribution >= 4 is 35.7 Å². The summed E-state index contributed by atoms with van der Waals surface area (Å²) >= 11 is 0. The normalized spacial score (nSPS) is 16.7. The molecule has 0 amide bonds. The van der Waals surface area contributed by atoms with Crippen LogP contribution in [0.1, 0.15) is 41.7 Å². The first-order valence-corrected chi connectivity index (χ1v) is 14.0. The fourth-order valence-corrected chi connectivity index (χ4v) is 5.19. The van der Waals surface area contributed by atoms with Crippen molar-refractivity contribution < 1.29 is 9.47 Å². The average Bonchev–Trinajstić information content (AvgIpc) is 2.97. The van der Waals surface area contributed by atoms with Gasteiger partial charge in [-0.2, -0.15) is 0 Å². The van der Waals surface area contributed by atoms with Crippen LogP contribution in [0.2, 0.25) is 0 Å². The van der Waals surface area contributed by atoms with Crippen LogP contribution in [-0.2, 0) is 15.9 Å². The Morgan fingerprint density at radius 1 is 0.605 bits per heavy atom. The van der Waals surface area contributed by atoms with Gasteiger partial charge in [0.05, 0.1) is 26.4 Å². The van der Waals surface area contributed by atoms with Crippen LogP contribution in [0.3, 0.4) is 0 Å². The summed E-state index contributed by atoms with van der Waals surface area (Å²) < 4.78 is 11.0. The zero-order valence-electron chi connectivity index (χ0n) is 22.8. The van der Waals surface area contributed by atoms with Crippen molar-refractivity contribution in [2.75, 3.05) is 62.4 Å². The number of benzene rings is 3. The molecule has 0 saturated carbocycles. The molecule has 0 radical (unpaired) electrons. The number of nitrogens with zero attached hydrogens (tertiary/aromatic N) is 2. The number of hydrogen-bond acceptors (Lipinski definition) is 4. The van der Waals surface area contributed by atoms with E-state index in [1.807, 2.05) is 0 Å². The van der Waals surface area contributed by atoms with Crippen LogP contribution in [0, 0.1) is 5.92 Å². The van der Waals surface area contributed by atoms with E-state index in [4.69, 9.17) is 9.47 Å². The van der Waals surface area contributed by atoms with Crippen molar-refractivity contribution in [2.24, 2.45) is 5.92 Å². The van der Waals surface area contributed by atoms with Gasteiger partial charge in [0.2, 0.25) is 0 Å². The lowest BCUT2D eigenvalue weighted by molar-refractivity contribution is 0.122. The van der Waals surface area contributed by atoms with Gasteiger partial charge in [-0.05, 0) is 64.4 Å². The molecule has 0 atom stereocenters. The predicted molar refractivity (Wildman–Crippen MR) is 162 cm³/mol. The van der Waals surface area contributed by atoms with Crippen LogP contribution in [0.4, 0.5) is 11.4 Å². The fourth-order valence-electron chi connectivity index (χ4n) is 5.19. The molecular formula is C34H40N2O2. The number of ether oxygens (including phenoxy) is 2. The quantitative estimate of drug-likeness (QED) is 0.309. The van der Waals surface area contributed by atoms with Crippen LogP contribution in [0.5, 0.6) is 0 Å². The van der Waals surface area contributed by atoms with Crippen LogP contribution in [-0.4, -0.2) is 52.6 Å². The van der Waals surface area contributed by atoms with Gasteiger partial charge in [0.25, 0.3) is 0 Å². The molecule has 2 heterocycles. The standard InChI is InChI=1S/C34H40N2O2/c1-27(2)26-34-30(12-6-28-8-14-32(15-9-28)35-18-22-37-23-19-35)4-3-5-31(34)13-7-29-10-16-33(17-11-29)36-20-24-38-25-21-36/h3-17,27H,18-26H2,1-2H3/b12-6+,13-7+. The highest BCUT2D eigenvalue weighted by Crippen LogP contribution is 2.25. The molecule has 3 aromatic carbocycles. The van der Waals surface area contributed by atoms with Gasteiger partial charge >= 0.3 is 0 Å². The Balaban J connectivity index is 1.31. The van der Waals surface area contributed by atoms with Gasteiger partial charge in [-0.1, -0.05) is 80.6 Å². The summed E-state index contributed by atoms with van der Waals surface area (Å²) in [5.74, 6) is 0.581. The Labute approximate surface area is 228 Å². The van der Waals surface area contributed by atoms with E-state index in [0.717, 1.165) is 59.0 Å². The largest absolute Gasteiger partial charge is 0.378 e. The molecule has 0 unspecified atom stereocenters. The highest BCUT2D eigenvalue weighted by Gasteiger charge is 2.12. The second-order valence-corrected chi connectivity index (χ2v) is 10.6. The average molecular weight is 509 g/mol. The molecule has 0 N–H and O–H groups in total. The summed E-state index contributed by atoms with van der Waals surface area (Å²) in [5, 5.41) is 0. The van der Waals surface area contributed by atoms with Crippen molar-refractivity contribution in [3.8, 4) is 0 Å². The predicted octanol–water partition coefficient (Wildman–Crippen LogP) is 6.90. The molecule has 0 aromatic heterocycles. The Bertz CT molecular complexity index is 1130. The number of anilines is 2. The van der Waals surface area contributed by atoms with Crippen LogP contribution in [0.25, 0.3) is 24.3 Å². The van der Waals surface area contributed by atoms with E-state index in [1.54, 1.807) is 0 Å². The van der Waals surface area contributed by atoms with Gasteiger partial charge in [-0.15, -0.1) is 0 Å². The van der Waals surface area contributed by atoms with E-state index in [2.05, 4.69) is 115 Å². The lowest BCUT2D eigenvalue weighted by atomic mass is 9.92. The van der Waals surface area contributed by atoms with E-state index in [9.17, 15) is 0 Å². The summed E-state index contributed by atoms with van der Waals surface area (Å²) in [5.41, 5.74) is 8.98. The lowest BCUT2D eigenvalue weighted by Gasteiger charge is -2.28. The van der Waals surface area contributed by atoms with Gasteiger partial charge in [-0.25, -0.2) is 0 Å². The topological polar surface area (TPSA) is 24.9 Å². The Morgan fingerprint density at radius 2 is 1.03 bits per heavy atom. The zero-order valence-corrected chi connectivity index (χ0v) is 22.8. The first-order valence-electron chi connectivity index (χ1n) is 14.0. The highest BCUT2D eigenvalue weighted by molar-refractivity contribution is 5.77. The summed E-state index contributed by atoms with van der Waals surface area (Å²) in [6.45, 7) is 11.7. The molecule has 38 heavy (non-hydrogen) atoms. The minimum absolute atomic E-state index is 0.581. The van der Waals surface area contributed by atoms with Crippen molar-refractivity contribution in [3.63, 3.8) is 0 Å². The SMILES string of the molecule is CC(C)Cc1c(/C=C/c2ccc(N3CCOCC3)cc2)cccc1/C=C/c1ccc(N2CCOCC2)cc1. The Hall–Kier alpha value is -3.34. The van der Waals surface area contributed by atoms with E-state index in [0.29, 0.717) is 5.92 Å². The maximum Gasteiger partial charge on any atom is 0.0642 e. The smallest absolute Gasteiger partial charge is 0.0642 e. The van der Waals surface area contributed by atoms with Gasteiger partial charge in [-0.3, -0.25) is 0 Å². The second kappa shape index (κ2) is 12.9. The van der Waals surface area contributed by atoms with E-state index in [1.165, 1.54) is 39.2 Å². The van der Waals surface area contributed by atoms with Crippen molar-refractivity contribution in [1.82, 2.24) is 0 Å².